The molecule has 2 aromatic carbocycles. The number of halogens is 5. The first-order chi connectivity index (χ1) is 12.2. The van der Waals surface area contributed by atoms with Gasteiger partial charge in [0.05, 0.1) is 12.7 Å². The van der Waals surface area contributed by atoms with Crippen molar-refractivity contribution in [2.75, 3.05) is 23.9 Å². The van der Waals surface area contributed by atoms with E-state index >= 15 is 0 Å². The molecule has 3 rings (SSSR count). The van der Waals surface area contributed by atoms with Gasteiger partial charge in [-0.3, -0.25) is 4.90 Å². The zero-order valence-corrected chi connectivity index (χ0v) is 15.6. The standard InChI is InChI=1S/C17H13F4IN2O2/c1-26-15-4-9-2-3-24(14(9)8-13(15)17(19,20)21)16(25)23-12-6-10(18)5-11(22)7-12/h4-8H,2-3H2,1H3,(H,23,25). The molecule has 1 heterocycles. The Balaban J connectivity index is 1.92. The van der Waals surface area contributed by atoms with E-state index in [2.05, 4.69) is 5.32 Å². The summed E-state index contributed by atoms with van der Waals surface area (Å²) in [5, 5.41) is 2.52. The van der Waals surface area contributed by atoms with Gasteiger partial charge < -0.3 is 10.1 Å². The molecule has 0 aromatic heterocycles. The molecule has 1 aliphatic rings. The number of nitrogens with zero attached hydrogens (tertiary/aromatic N) is 1. The molecule has 0 bridgehead atoms. The molecule has 2 amide bonds. The van der Waals surface area contributed by atoms with Gasteiger partial charge in [-0.05, 0) is 64.9 Å². The molecule has 26 heavy (non-hydrogen) atoms. The molecule has 0 spiro atoms. The number of hydrogen-bond donors (Lipinski definition) is 1. The summed E-state index contributed by atoms with van der Waals surface area (Å²) >= 11 is 1.90. The van der Waals surface area contributed by atoms with Gasteiger partial charge in [0.25, 0.3) is 0 Å². The molecular weight excluding hydrogens is 467 g/mol. The molecule has 0 radical (unpaired) electrons. The molecule has 138 valence electrons. The molecule has 0 unspecified atom stereocenters. The summed E-state index contributed by atoms with van der Waals surface area (Å²) in [6, 6.07) is 5.60. The van der Waals surface area contributed by atoms with Crippen LogP contribution in [0.5, 0.6) is 5.75 Å². The lowest BCUT2D eigenvalue weighted by Crippen LogP contribution is -2.33. The number of methoxy groups -OCH3 is 1. The summed E-state index contributed by atoms with van der Waals surface area (Å²) in [5.74, 6) is -0.795. The number of benzene rings is 2. The summed E-state index contributed by atoms with van der Waals surface area (Å²) in [7, 11) is 1.17. The van der Waals surface area contributed by atoms with Gasteiger partial charge in [0.1, 0.15) is 11.6 Å². The topological polar surface area (TPSA) is 41.6 Å². The molecule has 0 saturated heterocycles. The second-order valence-corrected chi connectivity index (χ2v) is 6.91. The summed E-state index contributed by atoms with van der Waals surface area (Å²) in [6.07, 6.45) is -4.21. The number of ether oxygens (including phenoxy) is 1. The van der Waals surface area contributed by atoms with E-state index in [0.717, 1.165) is 12.1 Å². The molecule has 1 N–H and O–H groups in total. The first-order valence-electron chi connectivity index (χ1n) is 7.52. The Morgan fingerprint density at radius 3 is 2.58 bits per heavy atom. The molecule has 0 aliphatic carbocycles. The zero-order valence-electron chi connectivity index (χ0n) is 13.5. The molecule has 9 heteroatoms. The van der Waals surface area contributed by atoms with Gasteiger partial charge in [0.2, 0.25) is 0 Å². The highest BCUT2D eigenvalue weighted by Gasteiger charge is 2.37. The lowest BCUT2D eigenvalue weighted by Gasteiger charge is -2.20. The summed E-state index contributed by atoms with van der Waals surface area (Å²) in [6.45, 7) is 0.220. The van der Waals surface area contributed by atoms with Crippen LogP contribution in [-0.2, 0) is 12.6 Å². The van der Waals surface area contributed by atoms with Crippen LogP contribution in [0.2, 0.25) is 0 Å². The van der Waals surface area contributed by atoms with Crippen LogP contribution in [0, 0.1) is 9.39 Å². The minimum Gasteiger partial charge on any atom is -0.496 e. The van der Waals surface area contributed by atoms with Crippen LogP contribution in [0.4, 0.5) is 33.7 Å². The highest BCUT2D eigenvalue weighted by Crippen LogP contribution is 2.42. The second-order valence-electron chi connectivity index (χ2n) is 5.67. The van der Waals surface area contributed by atoms with E-state index in [1.165, 1.54) is 24.1 Å². The zero-order chi connectivity index (χ0) is 19.1. The summed E-state index contributed by atoms with van der Waals surface area (Å²) < 4.78 is 58.6. The number of rotatable bonds is 2. The predicted molar refractivity (Wildman–Crippen MR) is 97.2 cm³/mol. The smallest absolute Gasteiger partial charge is 0.420 e. The van der Waals surface area contributed by atoms with Crippen LogP contribution in [0.3, 0.4) is 0 Å². The van der Waals surface area contributed by atoms with Gasteiger partial charge in [-0.1, -0.05) is 0 Å². The Bertz CT molecular complexity index is 850. The Morgan fingerprint density at radius 2 is 1.96 bits per heavy atom. The first-order valence-corrected chi connectivity index (χ1v) is 8.59. The molecule has 2 aromatic rings. The van der Waals surface area contributed by atoms with Crippen molar-refractivity contribution in [1.82, 2.24) is 0 Å². The largest absolute Gasteiger partial charge is 0.496 e. The van der Waals surface area contributed by atoms with Crippen LogP contribution in [0.25, 0.3) is 0 Å². The van der Waals surface area contributed by atoms with Crippen molar-refractivity contribution in [3.63, 3.8) is 0 Å². The highest BCUT2D eigenvalue weighted by molar-refractivity contribution is 14.1. The van der Waals surface area contributed by atoms with Gasteiger partial charge >= 0.3 is 12.2 Å². The van der Waals surface area contributed by atoms with E-state index < -0.39 is 23.6 Å². The molecular formula is C17H13F4IN2O2. The Hall–Kier alpha value is -2.04. The molecule has 0 fully saturated rings. The van der Waals surface area contributed by atoms with E-state index in [0.29, 0.717) is 15.6 Å². The minimum atomic E-state index is -4.61. The van der Waals surface area contributed by atoms with Crippen molar-refractivity contribution >= 4 is 40.0 Å². The Labute approximate surface area is 160 Å². The van der Waals surface area contributed by atoms with Crippen LogP contribution in [0.15, 0.2) is 30.3 Å². The van der Waals surface area contributed by atoms with E-state index in [9.17, 15) is 22.4 Å². The van der Waals surface area contributed by atoms with E-state index in [1.54, 1.807) is 6.07 Å². The minimum absolute atomic E-state index is 0.168. The average Bonchev–Trinajstić information content (AvgIpc) is 2.94. The third kappa shape index (κ3) is 3.71. The van der Waals surface area contributed by atoms with Gasteiger partial charge in [-0.25, -0.2) is 9.18 Å². The van der Waals surface area contributed by atoms with Crippen molar-refractivity contribution in [2.24, 2.45) is 0 Å². The van der Waals surface area contributed by atoms with Gasteiger partial charge in [-0.2, -0.15) is 13.2 Å². The third-order valence-electron chi connectivity index (χ3n) is 3.96. The fourth-order valence-corrected chi connectivity index (χ4v) is 3.47. The fraction of sp³-hybridized carbons (Fsp3) is 0.235. The van der Waals surface area contributed by atoms with Crippen LogP contribution < -0.4 is 15.0 Å². The summed E-state index contributed by atoms with van der Waals surface area (Å²) in [5.41, 5.74) is 0.0386. The molecule has 0 saturated carbocycles. The highest BCUT2D eigenvalue weighted by atomic mass is 127. The number of nitrogens with one attached hydrogen (secondary N) is 1. The maximum atomic E-state index is 13.5. The van der Waals surface area contributed by atoms with Gasteiger partial charge in [-0.15, -0.1) is 0 Å². The number of carbonyl (C=O) groups excluding carboxylic acids is 1. The maximum Gasteiger partial charge on any atom is 0.420 e. The van der Waals surface area contributed by atoms with Crippen molar-refractivity contribution in [2.45, 2.75) is 12.6 Å². The van der Waals surface area contributed by atoms with Crippen molar-refractivity contribution < 1.29 is 27.1 Å². The number of alkyl halides is 3. The van der Waals surface area contributed by atoms with Crippen LogP contribution in [0.1, 0.15) is 11.1 Å². The number of fused-ring (bicyclic) bond motifs is 1. The normalized spacial score (nSPS) is 13.5. The van der Waals surface area contributed by atoms with Crippen LogP contribution >= 0.6 is 22.6 Å². The first kappa shape index (κ1) is 18.7. The molecule has 0 atom stereocenters. The third-order valence-corrected chi connectivity index (χ3v) is 4.58. The fourth-order valence-electron chi connectivity index (χ4n) is 2.83. The Kier molecular flexibility index (Phi) is 5.00. The second kappa shape index (κ2) is 6.93. The van der Waals surface area contributed by atoms with Crippen molar-refractivity contribution in [3.05, 3.63) is 50.8 Å². The lowest BCUT2D eigenvalue weighted by atomic mass is 10.1. The number of carbonyl (C=O) groups is 1. The SMILES string of the molecule is COc1cc2c(cc1C(F)(F)F)N(C(=O)Nc1cc(F)cc(I)c1)CC2. The van der Waals surface area contributed by atoms with Gasteiger partial charge in [0, 0.05) is 21.5 Å². The Morgan fingerprint density at radius 1 is 1.23 bits per heavy atom. The lowest BCUT2D eigenvalue weighted by molar-refractivity contribution is -0.138. The maximum absolute atomic E-state index is 13.5. The molecule has 1 aliphatic heterocycles. The van der Waals surface area contributed by atoms with Crippen LogP contribution in [-0.4, -0.2) is 19.7 Å². The molecule has 4 nitrogen and oxygen atoms in total. The van der Waals surface area contributed by atoms with Crippen molar-refractivity contribution in [3.8, 4) is 5.75 Å². The van der Waals surface area contributed by atoms with E-state index in [4.69, 9.17) is 4.74 Å². The van der Waals surface area contributed by atoms with Gasteiger partial charge in [0.15, 0.2) is 0 Å². The predicted octanol–water partition coefficient (Wildman–Crippen LogP) is 5.05. The number of urea groups is 1. The number of hydrogen-bond acceptors (Lipinski definition) is 2. The average molecular weight is 480 g/mol. The van der Waals surface area contributed by atoms with E-state index in [-0.39, 0.29) is 23.7 Å². The monoisotopic (exact) mass is 480 g/mol. The quantitative estimate of drug-likeness (QED) is 0.483. The number of amides is 2. The van der Waals surface area contributed by atoms with E-state index in [1.807, 2.05) is 22.6 Å². The van der Waals surface area contributed by atoms with Crippen molar-refractivity contribution in [1.29, 1.82) is 0 Å². The number of anilines is 2. The summed E-state index contributed by atoms with van der Waals surface area (Å²) in [4.78, 5) is 13.7.